The maximum Gasteiger partial charge on any atom is 0.211 e. The van der Waals surface area contributed by atoms with Crippen LogP contribution in [0.1, 0.15) is 18.5 Å². The van der Waals surface area contributed by atoms with Crippen molar-refractivity contribution in [2.45, 2.75) is 25.8 Å². The van der Waals surface area contributed by atoms with Crippen molar-refractivity contribution in [2.75, 3.05) is 32.1 Å². The number of aromatic nitrogens is 4. The van der Waals surface area contributed by atoms with Crippen molar-refractivity contribution >= 4 is 23.0 Å². The molecular weight excluding hydrogens is 436 g/mol. The maximum atomic E-state index is 7.56. The molecule has 8 nitrogen and oxygen atoms in total. The summed E-state index contributed by atoms with van der Waals surface area (Å²) >= 11 is 0. The highest BCUT2D eigenvalue weighted by Crippen LogP contribution is 2.38. The molecule has 0 N–H and O–H groups in total. The molecule has 1 fully saturated rings. The van der Waals surface area contributed by atoms with Gasteiger partial charge in [-0.25, -0.2) is 19.7 Å². The van der Waals surface area contributed by atoms with E-state index >= 15 is 0 Å². The number of hydrogen-bond donors (Lipinski definition) is 0. The first-order chi connectivity index (χ1) is 17.0. The van der Waals surface area contributed by atoms with Gasteiger partial charge in [0, 0.05) is 43.4 Å². The number of benzene rings is 1. The number of fused-ring (bicyclic) bond motifs is 1. The Balaban J connectivity index is 1.72. The number of nitrogens with zero attached hydrogens (tertiary/aromatic N) is 8. The van der Waals surface area contributed by atoms with E-state index in [1.54, 1.807) is 12.4 Å². The minimum Gasteiger partial charge on any atom is -0.342 e. The van der Waals surface area contributed by atoms with Crippen LogP contribution < -0.4 is 4.90 Å². The zero-order valence-electron chi connectivity index (χ0n) is 20.1. The van der Waals surface area contributed by atoms with E-state index in [0.717, 1.165) is 59.9 Å². The van der Waals surface area contributed by atoms with Gasteiger partial charge in [0.25, 0.3) is 0 Å². The molecule has 0 atom stereocenters. The fourth-order valence-electron chi connectivity index (χ4n) is 4.71. The third-order valence-corrected chi connectivity index (χ3v) is 6.75. The summed E-state index contributed by atoms with van der Waals surface area (Å²) in [5.74, 6) is 0.855. The number of aryl methyl sites for hydroxylation is 1. The smallest absolute Gasteiger partial charge is 0.211 e. The number of anilines is 1. The lowest BCUT2D eigenvalue weighted by Gasteiger charge is -2.36. The summed E-state index contributed by atoms with van der Waals surface area (Å²) in [7, 11) is 4.28. The molecule has 1 aliphatic rings. The first-order valence-corrected chi connectivity index (χ1v) is 11.6. The lowest BCUT2D eigenvalue weighted by molar-refractivity contribution is 0.249. The van der Waals surface area contributed by atoms with Crippen molar-refractivity contribution in [1.82, 2.24) is 24.3 Å². The van der Waals surface area contributed by atoms with Crippen LogP contribution in [0.2, 0.25) is 0 Å². The normalized spacial score (nSPS) is 14.3. The van der Waals surface area contributed by atoms with Gasteiger partial charge >= 0.3 is 0 Å². The van der Waals surface area contributed by atoms with Gasteiger partial charge < -0.3 is 9.80 Å². The van der Waals surface area contributed by atoms with Crippen LogP contribution in [0.4, 0.5) is 17.3 Å². The summed E-state index contributed by atoms with van der Waals surface area (Å²) in [6.07, 6.45) is 7.66. The highest BCUT2D eigenvalue weighted by molar-refractivity contribution is 5.92. The molecule has 1 saturated heterocycles. The Morgan fingerprint density at radius 1 is 1.00 bits per heavy atom. The molecule has 0 bridgehead atoms. The number of hydrogen-bond acceptors (Lipinski definition) is 5. The molecule has 3 aromatic heterocycles. The van der Waals surface area contributed by atoms with Gasteiger partial charge in [-0.1, -0.05) is 24.3 Å². The van der Waals surface area contributed by atoms with Gasteiger partial charge in [-0.3, -0.25) is 9.38 Å². The molecule has 4 heterocycles. The average Bonchev–Trinajstić information content (AvgIpc) is 3.38. The van der Waals surface area contributed by atoms with Gasteiger partial charge in [0.15, 0.2) is 5.69 Å². The summed E-state index contributed by atoms with van der Waals surface area (Å²) in [6, 6.07) is 9.90. The van der Waals surface area contributed by atoms with Crippen LogP contribution in [0.25, 0.3) is 37.7 Å². The second-order valence-corrected chi connectivity index (χ2v) is 9.04. The molecular formula is C27H26N8. The second kappa shape index (κ2) is 9.17. The summed E-state index contributed by atoms with van der Waals surface area (Å²) in [6.45, 7) is 18.5. The Morgan fingerprint density at radius 3 is 2.40 bits per heavy atom. The first kappa shape index (κ1) is 22.5. The van der Waals surface area contributed by atoms with Crippen molar-refractivity contribution in [3.8, 4) is 22.4 Å². The summed E-state index contributed by atoms with van der Waals surface area (Å²) in [4.78, 5) is 26.2. The zero-order chi connectivity index (χ0) is 24.5. The Labute approximate surface area is 205 Å². The minimum atomic E-state index is 0.511. The van der Waals surface area contributed by atoms with Crippen LogP contribution in [0, 0.1) is 20.1 Å². The fourth-order valence-corrected chi connectivity index (χ4v) is 4.71. The van der Waals surface area contributed by atoms with E-state index in [1.807, 2.05) is 47.9 Å². The standard InChI is InChI=1S/C27H26N8/c1-18-23(29-3)16-20(17-31-18)24-25(19-6-8-21(28-2)9-7-19)32-27(35-15-12-30-26(24)35)34-13-10-22(11-14-34)33(4)5/h6-9,12,15-17,22H,10-11,13-14H2,1,4-5H3. The Bertz CT molecular complexity index is 1460. The quantitative estimate of drug-likeness (QED) is 0.380. The van der Waals surface area contributed by atoms with E-state index < -0.39 is 0 Å². The first-order valence-electron chi connectivity index (χ1n) is 11.6. The van der Waals surface area contributed by atoms with Gasteiger partial charge in [0.05, 0.1) is 24.4 Å². The third kappa shape index (κ3) is 4.09. The Hall–Kier alpha value is -4.27. The predicted molar refractivity (Wildman–Crippen MR) is 138 cm³/mol. The van der Waals surface area contributed by atoms with Crippen molar-refractivity contribution in [1.29, 1.82) is 0 Å². The number of rotatable bonds is 4. The molecule has 5 rings (SSSR count). The third-order valence-electron chi connectivity index (χ3n) is 6.75. The van der Waals surface area contributed by atoms with E-state index in [4.69, 9.17) is 23.1 Å². The number of pyridine rings is 1. The largest absolute Gasteiger partial charge is 0.342 e. The molecule has 0 aliphatic carbocycles. The highest BCUT2D eigenvalue weighted by Gasteiger charge is 2.26. The van der Waals surface area contributed by atoms with Gasteiger partial charge in [-0.2, -0.15) is 0 Å². The molecule has 0 unspecified atom stereocenters. The van der Waals surface area contributed by atoms with Crippen LogP contribution >= 0.6 is 0 Å². The summed E-state index contributed by atoms with van der Waals surface area (Å²) < 4.78 is 2.04. The number of piperidine rings is 1. The van der Waals surface area contributed by atoms with Gasteiger partial charge in [-0.05, 0) is 51.1 Å². The lowest BCUT2D eigenvalue weighted by Crippen LogP contribution is -2.43. The summed E-state index contributed by atoms with van der Waals surface area (Å²) in [5, 5.41) is 0. The SMILES string of the molecule is [C-]#[N+]c1ccc(-c2nc(N3CCC(N(C)C)CC3)n3ccnc3c2-c2cnc(C)c([N+]#[C-])c2)cc1. The monoisotopic (exact) mass is 462 g/mol. The van der Waals surface area contributed by atoms with Crippen LogP contribution in [0.3, 0.4) is 0 Å². The lowest BCUT2D eigenvalue weighted by atomic mass is 10.00. The highest BCUT2D eigenvalue weighted by atomic mass is 15.3. The van der Waals surface area contributed by atoms with E-state index in [1.165, 1.54) is 0 Å². The van der Waals surface area contributed by atoms with Crippen molar-refractivity contribution < 1.29 is 0 Å². The van der Waals surface area contributed by atoms with Crippen LogP contribution in [0.15, 0.2) is 48.9 Å². The van der Waals surface area contributed by atoms with Crippen LogP contribution in [-0.2, 0) is 0 Å². The molecule has 0 saturated carbocycles. The maximum absolute atomic E-state index is 7.56. The van der Waals surface area contributed by atoms with E-state index in [0.29, 0.717) is 23.1 Å². The van der Waals surface area contributed by atoms with Gasteiger partial charge in [0.1, 0.15) is 5.65 Å². The topological polar surface area (TPSA) is 58.3 Å². The van der Waals surface area contributed by atoms with Crippen molar-refractivity contribution in [2.24, 2.45) is 0 Å². The molecule has 1 aliphatic heterocycles. The molecule has 174 valence electrons. The Kier molecular flexibility index (Phi) is 5.90. The predicted octanol–water partition coefficient (Wildman–Crippen LogP) is 5.40. The molecule has 35 heavy (non-hydrogen) atoms. The molecule has 4 aromatic rings. The van der Waals surface area contributed by atoms with E-state index in [2.05, 4.69) is 38.6 Å². The molecule has 0 amide bonds. The van der Waals surface area contributed by atoms with Crippen molar-refractivity contribution in [3.63, 3.8) is 0 Å². The molecule has 1 aromatic carbocycles. The molecule has 0 radical (unpaired) electrons. The van der Waals surface area contributed by atoms with Crippen LogP contribution in [-0.4, -0.2) is 57.5 Å². The van der Waals surface area contributed by atoms with Gasteiger partial charge in [0.2, 0.25) is 11.6 Å². The molecule has 0 spiro atoms. The van der Waals surface area contributed by atoms with E-state index in [-0.39, 0.29) is 0 Å². The molecule has 8 heteroatoms. The average molecular weight is 463 g/mol. The minimum absolute atomic E-state index is 0.511. The summed E-state index contributed by atoms with van der Waals surface area (Å²) in [5.41, 5.74) is 5.85. The second-order valence-electron chi connectivity index (χ2n) is 9.04. The van der Waals surface area contributed by atoms with E-state index in [9.17, 15) is 0 Å². The number of imidazole rings is 1. The fraction of sp³-hybridized carbons (Fsp3) is 0.296. The van der Waals surface area contributed by atoms with Crippen molar-refractivity contribution in [3.05, 3.63) is 77.5 Å². The Morgan fingerprint density at radius 2 is 1.74 bits per heavy atom. The zero-order valence-corrected chi connectivity index (χ0v) is 20.1. The van der Waals surface area contributed by atoms with Gasteiger partial charge in [-0.15, -0.1) is 0 Å². The van der Waals surface area contributed by atoms with Crippen LogP contribution in [0.5, 0.6) is 0 Å².